The summed E-state index contributed by atoms with van der Waals surface area (Å²) in [6.45, 7) is 11.7. The summed E-state index contributed by atoms with van der Waals surface area (Å²) in [6.07, 6.45) is 5.96. The molecule has 0 aliphatic carbocycles. The second kappa shape index (κ2) is 12.7. The number of methoxy groups -OCH3 is 1. The Balaban J connectivity index is 1.53. The number of ether oxygens (including phenoxy) is 3. The number of carbonyl (C=O) groups excluding carboxylic acids is 2. The minimum absolute atomic E-state index is 0.0361. The highest BCUT2D eigenvalue weighted by molar-refractivity contribution is 5.94. The van der Waals surface area contributed by atoms with Crippen molar-refractivity contribution in [2.45, 2.75) is 85.0 Å². The first-order valence-electron chi connectivity index (χ1n) is 14.3. The van der Waals surface area contributed by atoms with Crippen LogP contribution in [0.4, 0.5) is 10.5 Å². The van der Waals surface area contributed by atoms with Gasteiger partial charge in [0.2, 0.25) is 0 Å². The van der Waals surface area contributed by atoms with Gasteiger partial charge < -0.3 is 23.7 Å². The first-order valence-corrected chi connectivity index (χ1v) is 14.3. The zero-order valence-electron chi connectivity index (χ0n) is 24.7. The number of aromatic nitrogens is 1. The monoisotopic (exact) mass is 549 g/mol. The van der Waals surface area contributed by atoms with Crippen LogP contribution in [-0.4, -0.2) is 53.4 Å². The van der Waals surface area contributed by atoms with Crippen molar-refractivity contribution >= 4 is 28.6 Å². The van der Waals surface area contributed by atoms with Gasteiger partial charge in [0.25, 0.3) is 0 Å². The van der Waals surface area contributed by atoms with E-state index in [0.717, 1.165) is 47.8 Å². The standard InChI is InChI=1S/C32H43N3O5/c1-7-8-9-19-39-29-20-25(13-14-28(29)38-6)34-18-15-23(2)35(31(34)37)21-24-11-10-12-27-26(24)16-17-33(27)22-30(36)40-32(3,4)5/h10-14,16-17,20,23H,7-9,15,18-19,21-22H2,1-6H3/t23-/m0/s1. The smallest absolute Gasteiger partial charge is 0.326 e. The van der Waals surface area contributed by atoms with Gasteiger partial charge in [0.05, 0.1) is 13.7 Å². The predicted octanol–water partition coefficient (Wildman–Crippen LogP) is 6.78. The molecule has 0 bridgehead atoms. The van der Waals surface area contributed by atoms with Gasteiger partial charge in [-0.2, -0.15) is 0 Å². The Kier molecular flexibility index (Phi) is 9.28. The molecule has 8 heteroatoms. The zero-order chi connectivity index (χ0) is 28.9. The Morgan fingerprint density at radius 3 is 2.60 bits per heavy atom. The normalized spacial score (nSPS) is 15.9. The van der Waals surface area contributed by atoms with Crippen LogP contribution < -0.4 is 14.4 Å². The number of benzene rings is 2. The Hall–Kier alpha value is -3.68. The van der Waals surface area contributed by atoms with Gasteiger partial charge in [-0.3, -0.25) is 9.69 Å². The Bertz CT molecular complexity index is 1330. The number of hydrogen-bond donors (Lipinski definition) is 0. The van der Waals surface area contributed by atoms with Gasteiger partial charge in [0.15, 0.2) is 11.5 Å². The summed E-state index contributed by atoms with van der Waals surface area (Å²) in [4.78, 5) is 30.1. The Labute approximate surface area is 237 Å². The quantitative estimate of drug-likeness (QED) is 0.195. The van der Waals surface area contributed by atoms with Gasteiger partial charge in [0.1, 0.15) is 12.1 Å². The van der Waals surface area contributed by atoms with E-state index in [4.69, 9.17) is 14.2 Å². The van der Waals surface area contributed by atoms with Crippen molar-refractivity contribution in [2.75, 3.05) is 25.2 Å². The SMILES string of the molecule is CCCCCOc1cc(N2CC[C@H](C)N(Cc3cccc4c3ccn4CC(=O)OC(C)(C)C)C2=O)ccc1OC. The van der Waals surface area contributed by atoms with Crippen molar-refractivity contribution in [3.8, 4) is 11.5 Å². The van der Waals surface area contributed by atoms with Crippen molar-refractivity contribution in [1.29, 1.82) is 0 Å². The fraction of sp³-hybridized carbons (Fsp3) is 0.500. The minimum atomic E-state index is -0.534. The molecule has 1 atom stereocenters. The summed E-state index contributed by atoms with van der Waals surface area (Å²) in [6, 6.07) is 13.8. The van der Waals surface area contributed by atoms with Crippen molar-refractivity contribution in [2.24, 2.45) is 0 Å². The average molecular weight is 550 g/mol. The molecule has 1 aromatic heterocycles. The summed E-state index contributed by atoms with van der Waals surface area (Å²) in [5.74, 6) is 1.04. The topological polar surface area (TPSA) is 73.2 Å². The highest BCUT2D eigenvalue weighted by atomic mass is 16.6. The van der Waals surface area contributed by atoms with E-state index in [-0.39, 0.29) is 24.6 Å². The summed E-state index contributed by atoms with van der Waals surface area (Å²) < 4.78 is 19.0. The van der Waals surface area contributed by atoms with E-state index in [1.54, 1.807) is 7.11 Å². The maximum absolute atomic E-state index is 13.8. The second-order valence-corrected chi connectivity index (χ2v) is 11.5. The van der Waals surface area contributed by atoms with E-state index in [0.29, 0.717) is 31.2 Å². The number of carbonyl (C=O) groups is 2. The molecule has 40 heavy (non-hydrogen) atoms. The molecule has 0 saturated carbocycles. The van der Waals surface area contributed by atoms with E-state index in [9.17, 15) is 9.59 Å². The molecule has 4 rings (SSSR count). The Morgan fingerprint density at radius 1 is 1.07 bits per heavy atom. The van der Waals surface area contributed by atoms with Crippen LogP contribution in [0.1, 0.15) is 65.9 Å². The zero-order valence-corrected chi connectivity index (χ0v) is 24.7. The third kappa shape index (κ3) is 6.90. The fourth-order valence-electron chi connectivity index (χ4n) is 5.11. The molecule has 1 fully saturated rings. The van der Waals surface area contributed by atoms with Crippen LogP contribution in [0.3, 0.4) is 0 Å². The number of nitrogens with zero attached hydrogens (tertiary/aromatic N) is 3. The molecule has 8 nitrogen and oxygen atoms in total. The predicted molar refractivity (Wildman–Crippen MR) is 158 cm³/mol. The summed E-state index contributed by atoms with van der Waals surface area (Å²) in [5, 5.41) is 1.02. The third-order valence-corrected chi connectivity index (χ3v) is 7.21. The number of hydrogen-bond acceptors (Lipinski definition) is 5. The largest absolute Gasteiger partial charge is 0.493 e. The summed E-state index contributed by atoms with van der Waals surface area (Å²) >= 11 is 0. The molecule has 2 aromatic carbocycles. The number of rotatable bonds is 11. The summed E-state index contributed by atoms with van der Waals surface area (Å²) in [7, 11) is 1.63. The van der Waals surface area contributed by atoms with Crippen LogP contribution in [0.2, 0.25) is 0 Å². The number of anilines is 1. The maximum atomic E-state index is 13.8. The molecule has 2 heterocycles. The van der Waals surface area contributed by atoms with E-state index in [1.807, 2.05) is 77.7 Å². The van der Waals surface area contributed by atoms with Gasteiger partial charge in [0, 0.05) is 48.0 Å². The molecule has 2 amide bonds. The molecule has 1 aliphatic rings. The molecule has 0 spiro atoms. The Morgan fingerprint density at radius 2 is 1.88 bits per heavy atom. The molecule has 0 N–H and O–H groups in total. The van der Waals surface area contributed by atoms with Crippen molar-refractivity contribution in [1.82, 2.24) is 9.47 Å². The summed E-state index contributed by atoms with van der Waals surface area (Å²) in [5.41, 5.74) is 2.25. The lowest BCUT2D eigenvalue weighted by molar-refractivity contribution is -0.155. The molecule has 1 saturated heterocycles. The average Bonchev–Trinajstić information content (AvgIpc) is 3.31. The van der Waals surface area contributed by atoms with E-state index in [2.05, 4.69) is 19.9 Å². The van der Waals surface area contributed by atoms with Gasteiger partial charge in [-0.15, -0.1) is 0 Å². The van der Waals surface area contributed by atoms with Crippen molar-refractivity contribution in [3.05, 3.63) is 54.2 Å². The van der Waals surface area contributed by atoms with Crippen LogP contribution in [0.5, 0.6) is 11.5 Å². The highest BCUT2D eigenvalue weighted by Gasteiger charge is 2.32. The fourth-order valence-corrected chi connectivity index (χ4v) is 5.11. The van der Waals surface area contributed by atoms with E-state index < -0.39 is 5.60 Å². The molecule has 3 aromatic rings. The van der Waals surface area contributed by atoms with E-state index in [1.165, 1.54) is 0 Å². The van der Waals surface area contributed by atoms with Crippen LogP contribution in [0.25, 0.3) is 10.9 Å². The van der Waals surface area contributed by atoms with Gasteiger partial charge in [-0.05, 0) is 70.4 Å². The molecular weight excluding hydrogens is 506 g/mol. The number of amides is 2. The molecular formula is C32H43N3O5. The van der Waals surface area contributed by atoms with E-state index >= 15 is 0 Å². The highest BCUT2D eigenvalue weighted by Crippen LogP contribution is 2.34. The molecule has 216 valence electrons. The van der Waals surface area contributed by atoms with Gasteiger partial charge in [-0.1, -0.05) is 31.9 Å². The maximum Gasteiger partial charge on any atom is 0.326 e. The van der Waals surface area contributed by atoms with Crippen LogP contribution in [0.15, 0.2) is 48.7 Å². The van der Waals surface area contributed by atoms with Crippen molar-refractivity contribution in [3.63, 3.8) is 0 Å². The molecule has 0 radical (unpaired) electrons. The lowest BCUT2D eigenvalue weighted by Gasteiger charge is -2.40. The lowest BCUT2D eigenvalue weighted by atomic mass is 10.1. The minimum Gasteiger partial charge on any atom is -0.493 e. The third-order valence-electron chi connectivity index (χ3n) is 7.21. The first kappa shape index (κ1) is 29.3. The molecule has 1 aliphatic heterocycles. The lowest BCUT2D eigenvalue weighted by Crippen LogP contribution is -2.53. The van der Waals surface area contributed by atoms with Crippen LogP contribution in [-0.2, 0) is 22.6 Å². The van der Waals surface area contributed by atoms with Crippen LogP contribution >= 0.6 is 0 Å². The molecule has 0 unspecified atom stereocenters. The first-order chi connectivity index (χ1) is 19.1. The van der Waals surface area contributed by atoms with Gasteiger partial charge in [-0.25, -0.2) is 4.79 Å². The van der Waals surface area contributed by atoms with Crippen LogP contribution in [0, 0.1) is 0 Å². The number of urea groups is 1. The number of unbranched alkanes of at least 4 members (excludes halogenated alkanes) is 2. The second-order valence-electron chi connectivity index (χ2n) is 11.5. The van der Waals surface area contributed by atoms with Crippen molar-refractivity contribution < 1.29 is 23.8 Å². The number of fused-ring (bicyclic) bond motifs is 1. The number of esters is 1. The van der Waals surface area contributed by atoms with Gasteiger partial charge >= 0.3 is 12.0 Å².